The molecule has 0 unspecified atom stereocenters. The lowest BCUT2D eigenvalue weighted by Crippen LogP contribution is -2.00. The van der Waals surface area contributed by atoms with Gasteiger partial charge in [-0.15, -0.1) is 0 Å². The maximum Gasteiger partial charge on any atom is 0.164 e. The summed E-state index contributed by atoms with van der Waals surface area (Å²) in [7, 11) is 0. The van der Waals surface area contributed by atoms with E-state index in [1.165, 1.54) is 10.8 Å². The van der Waals surface area contributed by atoms with E-state index in [-0.39, 0.29) is 0 Å². The lowest BCUT2D eigenvalue weighted by atomic mass is 9.93. The number of aromatic nitrogens is 4. The fraction of sp³-hybridized carbons (Fsp3) is 0. The number of rotatable bonds is 6. The van der Waals surface area contributed by atoms with E-state index in [9.17, 15) is 0 Å². The predicted molar refractivity (Wildman–Crippen MR) is 310 cm³/mol. The second-order valence-corrected chi connectivity index (χ2v) is 19.8. The average molecular weight is 987 g/mol. The Morgan fingerprint density at radius 2 is 0.740 bits per heavy atom. The molecule has 0 aliphatic rings. The third kappa shape index (κ3) is 6.36. The van der Waals surface area contributed by atoms with Gasteiger partial charge in [0.25, 0.3) is 0 Å². The van der Waals surface area contributed by atoms with Crippen molar-refractivity contribution in [2.75, 3.05) is 0 Å². The lowest BCUT2D eigenvalue weighted by molar-refractivity contribution is 0.668. The first-order valence-electron chi connectivity index (χ1n) is 25.7. The SMILES string of the molecule is c1ccc(-n2c3ccccc3c3ccc(-c4cc(-c5ccc6oc7cccc(-c8nc(-c9ccc%10c(c9)oc9ccccc9%10)nc(-c9ccc%10c(c9)oc9ccccc9%10)n8)c7c6c5)c5c(c4)oc4ccccc45)cc32)cc1. The molecule has 77 heavy (non-hydrogen) atoms. The molecule has 358 valence electrons. The van der Waals surface area contributed by atoms with Crippen LogP contribution in [0.2, 0.25) is 0 Å². The number of hydrogen-bond acceptors (Lipinski definition) is 7. The maximum atomic E-state index is 6.74. The zero-order chi connectivity index (χ0) is 50.3. The fourth-order valence-corrected chi connectivity index (χ4v) is 11.9. The van der Waals surface area contributed by atoms with Gasteiger partial charge in [-0.25, -0.2) is 15.0 Å². The van der Waals surface area contributed by atoms with E-state index in [1.807, 2.05) is 72.8 Å². The van der Waals surface area contributed by atoms with Crippen LogP contribution in [0.3, 0.4) is 0 Å². The summed E-state index contributed by atoms with van der Waals surface area (Å²) in [6.45, 7) is 0. The molecule has 0 aliphatic carbocycles. The van der Waals surface area contributed by atoms with Gasteiger partial charge in [0.1, 0.15) is 44.7 Å². The van der Waals surface area contributed by atoms with Crippen molar-refractivity contribution in [3.05, 3.63) is 231 Å². The molecule has 0 fully saturated rings. The van der Waals surface area contributed by atoms with Gasteiger partial charge in [-0.2, -0.15) is 0 Å². The molecule has 11 aromatic carbocycles. The van der Waals surface area contributed by atoms with E-state index in [0.717, 1.165) is 143 Å². The van der Waals surface area contributed by atoms with Gasteiger partial charge < -0.3 is 22.2 Å². The first-order chi connectivity index (χ1) is 38.1. The smallest absolute Gasteiger partial charge is 0.164 e. The number of nitrogens with zero attached hydrogens (tertiary/aromatic N) is 4. The van der Waals surface area contributed by atoms with Crippen LogP contribution in [-0.4, -0.2) is 19.5 Å². The number of para-hydroxylation sites is 5. The molecule has 6 aromatic heterocycles. The highest BCUT2D eigenvalue weighted by Gasteiger charge is 2.23. The van der Waals surface area contributed by atoms with Crippen molar-refractivity contribution >= 4 is 110 Å². The predicted octanol–water partition coefficient (Wildman–Crippen LogP) is 18.9. The van der Waals surface area contributed by atoms with Crippen LogP contribution in [0.15, 0.2) is 248 Å². The Morgan fingerprint density at radius 3 is 1.47 bits per heavy atom. The minimum atomic E-state index is 0.506. The minimum absolute atomic E-state index is 0.506. The van der Waals surface area contributed by atoms with Crippen molar-refractivity contribution in [1.82, 2.24) is 19.5 Å². The lowest BCUT2D eigenvalue weighted by Gasteiger charge is -2.11. The molecule has 0 radical (unpaired) electrons. The van der Waals surface area contributed by atoms with Crippen molar-refractivity contribution in [3.8, 4) is 62.1 Å². The molecule has 8 nitrogen and oxygen atoms in total. The van der Waals surface area contributed by atoms with Crippen molar-refractivity contribution < 1.29 is 17.7 Å². The molecule has 0 saturated heterocycles. The number of furan rings is 4. The highest BCUT2D eigenvalue weighted by atomic mass is 16.3. The first kappa shape index (κ1) is 41.9. The second kappa shape index (κ2) is 16.0. The Morgan fingerprint density at radius 1 is 0.247 bits per heavy atom. The van der Waals surface area contributed by atoms with Crippen molar-refractivity contribution in [2.24, 2.45) is 0 Å². The quantitative estimate of drug-likeness (QED) is 0.164. The summed E-state index contributed by atoms with van der Waals surface area (Å²) in [4.78, 5) is 15.8. The van der Waals surface area contributed by atoms with Crippen LogP contribution in [-0.2, 0) is 0 Å². The topological polar surface area (TPSA) is 96.2 Å². The van der Waals surface area contributed by atoms with Crippen LogP contribution in [0.1, 0.15) is 0 Å². The van der Waals surface area contributed by atoms with E-state index in [1.54, 1.807) is 0 Å². The van der Waals surface area contributed by atoms with Gasteiger partial charge in [-0.3, -0.25) is 0 Å². The zero-order valence-corrected chi connectivity index (χ0v) is 40.9. The van der Waals surface area contributed by atoms with E-state index >= 15 is 0 Å². The van der Waals surface area contributed by atoms with Gasteiger partial charge in [0, 0.05) is 76.2 Å². The van der Waals surface area contributed by atoms with Crippen LogP contribution in [0, 0.1) is 0 Å². The summed E-state index contributed by atoms with van der Waals surface area (Å²) in [6, 6.07) is 79.9. The number of fused-ring (bicyclic) bond motifs is 15. The number of hydrogen-bond donors (Lipinski definition) is 0. The standard InChI is InChI=1S/C69H38N4O4/c1-2-13-44(14-3-1)73-55-20-8-4-15-45(55)46-29-25-39(35-56(46)73)43-34-53(65-51-18-7-11-23-59(51)77-64(65)38-43)40-28-32-60-54(33-40)66-52(19-12-24-61(66)74-60)69-71-67(41-26-30-49-47-16-5-9-21-57(47)75-62(49)36-41)70-68(72-69)42-27-31-50-48-17-6-10-22-58(48)76-63(50)37-42/h1-38H. The Labute approximate surface area is 437 Å². The molecule has 0 atom stereocenters. The Hall–Kier alpha value is -10.6. The Kier molecular flexibility index (Phi) is 8.68. The Bertz CT molecular complexity index is 5170. The van der Waals surface area contributed by atoms with E-state index < -0.39 is 0 Å². The van der Waals surface area contributed by atoms with Crippen molar-refractivity contribution in [1.29, 1.82) is 0 Å². The molecular formula is C69H38N4O4. The van der Waals surface area contributed by atoms with Gasteiger partial charge in [-0.05, 0) is 119 Å². The van der Waals surface area contributed by atoms with Gasteiger partial charge in [0.2, 0.25) is 0 Å². The normalized spacial score (nSPS) is 12.2. The molecule has 17 rings (SSSR count). The van der Waals surface area contributed by atoms with Crippen LogP contribution in [0.4, 0.5) is 0 Å². The monoisotopic (exact) mass is 986 g/mol. The molecule has 17 aromatic rings. The maximum absolute atomic E-state index is 6.74. The van der Waals surface area contributed by atoms with E-state index in [0.29, 0.717) is 17.5 Å². The summed E-state index contributed by atoms with van der Waals surface area (Å²) >= 11 is 0. The van der Waals surface area contributed by atoms with E-state index in [2.05, 4.69) is 162 Å². The van der Waals surface area contributed by atoms with Crippen molar-refractivity contribution in [2.45, 2.75) is 0 Å². The second-order valence-electron chi connectivity index (χ2n) is 19.8. The molecule has 0 bridgehead atoms. The largest absolute Gasteiger partial charge is 0.456 e. The summed E-state index contributed by atoms with van der Waals surface area (Å²) in [5.41, 5.74) is 16.3. The van der Waals surface area contributed by atoms with Crippen LogP contribution in [0.5, 0.6) is 0 Å². The Balaban J connectivity index is 0.866. The minimum Gasteiger partial charge on any atom is -0.456 e. The highest BCUT2D eigenvalue weighted by molar-refractivity contribution is 6.18. The van der Waals surface area contributed by atoms with Crippen LogP contribution >= 0.6 is 0 Å². The number of benzene rings is 11. The van der Waals surface area contributed by atoms with Gasteiger partial charge in [-0.1, -0.05) is 133 Å². The molecular weight excluding hydrogens is 949 g/mol. The third-order valence-electron chi connectivity index (χ3n) is 15.5. The fourth-order valence-electron chi connectivity index (χ4n) is 11.9. The van der Waals surface area contributed by atoms with Gasteiger partial charge >= 0.3 is 0 Å². The third-order valence-corrected chi connectivity index (χ3v) is 15.5. The van der Waals surface area contributed by atoms with Gasteiger partial charge in [0.05, 0.1) is 11.0 Å². The van der Waals surface area contributed by atoms with E-state index in [4.69, 9.17) is 32.6 Å². The molecule has 0 amide bonds. The molecule has 6 heterocycles. The summed E-state index contributed by atoms with van der Waals surface area (Å²) < 4.78 is 28.6. The molecule has 8 heteroatoms. The molecule has 0 spiro atoms. The molecule has 0 N–H and O–H groups in total. The average Bonchev–Trinajstić information content (AvgIpc) is 4.33. The summed E-state index contributed by atoms with van der Waals surface area (Å²) in [5, 5.41) is 10.5. The van der Waals surface area contributed by atoms with Crippen LogP contribution < -0.4 is 0 Å². The van der Waals surface area contributed by atoms with Crippen molar-refractivity contribution in [3.63, 3.8) is 0 Å². The molecule has 0 saturated carbocycles. The highest BCUT2D eigenvalue weighted by Crippen LogP contribution is 2.45. The van der Waals surface area contributed by atoms with Crippen LogP contribution in [0.25, 0.3) is 172 Å². The first-order valence-corrected chi connectivity index (χ1v) is 25.7. The summed E-state index contributed by atoms with van der Waals surface area (Å²) in [6.07, 6.45) is 0. The summed E-state index contributed by atoms with van der Waals surface area (Å²) in [5.74, 6) is 1.53. The zero-order valence-electron chi connectivity index (χ0n) is 40.9. The van der Waals surface area contributed by atoms with Gasteiger partial charge in [0.15, 0.2) is 17.5 Å². The molecule has 0 aliphatic heterocycles.